The lowest BCUT2D eigenvalue weighted by Crippen LogP contribution is -2.34. The molecule has 0 amide bonds. The molecule has 0 aliphatic carbocycles. The van der Waals surface area contributed by atoms with Gasteiger partial charge in [0.2, 0.25) is 0 Å². The maximum Gasteiger partial charge on any atom is 0.157 e. The molecule has 0 atom stereocenters. The highest BCUT2D eigenvalue weighted by molar-refractivity contribution is 7.95. The molecule has 0 fully saturated rings. The summed E-state index contributed by atoms with van der Waals surface area (Å²) in [4.78, 5) is 2.18. The van der Waals surface area contributed by atoms with E-state index in [0.717, 1.165) is 11.4 Å². The molecule has 5 aromatic rings. The summed E-state index contributed by atoms with van der Waals surface area (Å²) in [7, 11) is -5.11. The molecule has 42 heavy (non-hydrogen) atoms. The highest BCUT2D eigenvalue weighted by atomic mass is 31.2. The molecular formula is C37H35NO2P2. The largest absolute Gasteiger partial charge is 0.347 e. The molecule has 0 N–H and O–H groups in total. The van der Waals surface area contributed by atoms with E-state index in [-0.39, 0.29) is 5.41 Å². The SMILES string of the molecule is CN1C(=CC(P(=O)(c2ccccc2)c2ccccc2)P(=O)(c2ccccc2)c2ccccc2)C(C)(C)c2ccccc21. The lowest BCUT2D eigenvalue weighted by molar-refractivity contribution is 0.576. The van der Waals surface area contributed by atoms with Crippen LogP contribution < -0.4 is 26.1 Å². The highest BCUT2D eigenvalue weighted by Gasteiger charge is 2.50. The maximum absolute atomic E-state index is 16.3. The molecule has 1 heterocycles. The maximum atomic E-state index is 16.3. The summed E-state index contributed by atoms with van der Waals surface area (Å²) in [5.41, 5.74) is 2.91. The molecule has 210 valence electrons. The van der Waals surface area contributed by atoms with Crippen LogP contribution in [0.3, 0.4) is 0 Å². The van der Waals surface area contributed by atoms with Gasteiger partial charge in [0.1, 0.15) is 5.40 Å². The standard InChI is InChI=1S/C37H35NO2P2/c1-37(2)33-26-16-17-27-34(33)38(3)35(37)28-36(41(39,29-18-8-4-9-19-29)30-20-10-5-11-21-30)42(40,31-22-12-6-13-23-31)32-24-14-7-15-25-32/h4-28,36H,1-3H3. The smallest absolute Gasteiger partial charge is 0.157 e. The second-order valence-corrected chi connectivity index (χ2v) is 17.5. The van der Waals surface area contributed by atoms with E-state index in [1.807, 2.05) is 127 Å². The van der Waals surface area contributed by atoms with E-state index in [9.17, 15) is 0 Å². The number of hydrogen-bond acceptors (Lipinski definition) is 3. The molecule has 0 spiro atoms. The van der Waals surface area contributed by atoms with Gasteiger partial charge in [-0.05, 0) is 17.7 Å². The Morgan fingerprint density at radius 3 is 1.24 bits per heavy atom. The number of rotatable bonds is 7. The van der Waals surface area contributed by atoms with E-state index in [2.05, 4.69) is 50.1 Å². The van der Waals surface area contributed by atoms with Crippen LogP contribution in [0, 0.1) is 0 Å². The third-order valence-corrected chi connectivity index (χ3v) is 16.6. The van der Waals surface area contributed by atoms with Gasteiger partial charge in [-0.3, -0.25) is 0 Å². The first-order valence-electron chi connectivity index (χ1n) is 14.3. The van der Waals surface area contributed by atoms with Gasteiger partial charge in [-0.15, -0.1) is 0 Å². The first-order valence-corrected chi connectivity index (χ1v) is 17.8. The fraction of sp³-hybridized carbons (Fsp3) is 0.135. The van der Waals surface area contributed by atoms with Gasteiger partial charge >= 0.3 is 0 Å². The molecule has 3 nitrogen and oxygen atoms in total. The number of nitrogens with zero attached hydrogens (tertiary/aromatic N) is 1. The summed E-state index contributed by atoms with van der Waals surface area (Å²) < 4.78 is 32.5. The van der Waals surface area contributed by atoms with Crippen molar-refractivity contribution in [3.05, 3.63) is 163 Å². The summed E-state index contributed by atoms with van der Waals surface area (Å²) >= 11 is 0. The monoisotopic (exact) mass is 587 g/mol. The lowest BCUT2D eigenvalue weighted by Gasteiger charge is -2.36. The quantitative estimate of drug-likeness (QED) is 0.184. The Balaban J connectivity index is 1.74. The minimum atomic E-state index is -3.58. The fourth-order valence-corrected chi connectivity index (χ4v) is 14.8. The lowest BCUT2D eigenvalue weighted by atomic mass is 9.84. The van der Waals surface area contributed by atoms with Crippen molar-refractivity contribution in [1.29, 1.82) is 0 Å². The van der Waals surface area contributed by atoms with Crippen molar-refractivity contribution in [3.63, 3.8) is 0 Å². The number of para-hydroxylation sites is 1. The highest BCUT2D eigenvalue weighted by Crippen LogP contribution is 2.67. The topological polar surface area (TPSA) is 37.4 Å². The third-order valence-electron chi connectivity index (χ3n) is 8.55. The second kappa shape index (κ2) is 11.1. The van der Waals surface area contributed by atoms with Gasteiger partial charge in [-0.1, -0.05) is 153 Å². The molecule has 6 rings (SSSR count). The molecule has 0 saturated carbocycles. The van der Waals surface area contributed by atoms with E-state index < -0.39 is 19.7 Å². The van der Waals surface area contributed by atoms with Crippen LogP contribution in [-0.2, 0) is 14.5 Å². The van der Waals surface area contributed by atoms with Crippen molar-refractivity contribution < 1.29 is 9.13 Å². The van der Waals surface area contributed by atoms with Gasteiger partial charge in [-0.25, -0.2) is 0 Å². The number of fused-ring (bicyclic) bond motifs is 1. The summed E-state index contributed by atoms with van der Waals surface area (Å²) in [5, 5.41) is 1.94. The molecule has 0 aromatic heterocycles. The zero-order valence-corrected chi connectivity index (χ0v) is 26.0. The predicted octanol–water partition coefficient (Wildman–Crippen LogP) is 7.65. The molecular weight excluding hydrogens is 552 g/mol. The van der Waals surface area contributed by atoms with Crippen LogP contribution in [-0.4, -0.2) is 12.4 Å². The average Bonchev–Trinajstić information content (AvgIpc) is 3.24. The molecule has 0 saturated heterocycles. The zero-order chi connectivity index (χ0) is 29.4. The van der Waals surface area contributed by atoms with Crippen LogP contribution in [0.25, 0.3) is 0 Å². The normalized spacial score (nSPS) is 15.6. The molecule has 1 aliphatic rings. The minimum Gasteiger partial charge on any atom is -0.347 e. The van der Waals surface area contributed by atoms with E-state index >= 15 is 9.13 Å². The molecule has 5 aromatic carbocycles. The van der Waals surface area contributed by atoms with Gasteiger partial charge in [0.05, 0.1) is 0 Å². The Morgan fingerprint density at radius 2 is 0.881 bits per heavy atom. The van der Waals surface area contributed by atoms with Crippen molar-refractivity contribution in [2.75, 3.05) is 11.9 Å². The number of anilines is 1. The van der Waals surface area contributed by atoms with Gasteiger partial charge in [0, 0.05) is 45.1 Å². The summed E-state index contributed by atoms with van der Waals surface area (Å²) in [6, 6.07) is 46.9. The molecule has 0 bridgehead atoms. The van der Waals surface area contributed by atoms with Crippen LogP contribution >= 0.6 is 14.3 Å². The van der Waals surface area contributed by atoms with E-state index in [4.69, 9.17) is 0 Å². The number of allylic oxidation sites excluding steroid dienone is 2. The molecule has 1 aliphatic heterocycles. The molecule has 0 radical (unpaired) electrons. The summed E-state index contributed by atoms with van der Waals surface area (Å²) in [6.07, 6.45) is 2.10. The Bertz CT molecular complexity index is 1630. The van der Waals surface area contributed by atoms with Crippen molar-refractivity contribution in [2.24, 2.45) is 0 Å². The van der Waals surface area contributed by atoms with E-state index in [1.54, 1.807) is 0 Å². The Hall–Kier alpha value is -3.90. The van der Waals surface area contributed by atoms with Crippen LogP contribution in [0.5, 0.6) is 0 Å². The van der Waals surface area contributed by atoms with Crippen LogP contribution in [0.15, 0.2) is 157 Å². The predicted molar refractivity (Wildman–Crippen MR) is 179 cm³/mol. The Morgan fingerprint density at radius 1 is 0.548 bits per heavy atom. The van der Waals surface area contributed by atoms with Crippen LogP contribution in [0.2, 0.25) is 0 Å². The fourth-order valence-electron chi connectivity index (χ4n) is 6.39. The second-order valence-electron chi connectivity index (χ2n) is 11.3. The first kappa shape index (κ1) is 28.2. The zero-order valence-electron chi connectivity index (χ0n) is 24.2. The van der Waals surface area contributed by atoms with Crippen molar-refractivity contribution in [1.82, 2.24) is 0 Å². The van der Waals surface area contributed by atoms with Gasteiger partial charge < -0.3 is 14.0 Å². The van der Waals surface area contributed by atoms with E-state index in [0.29, 0.717) is 21.2 Å². The summed E-state index contributed by atoms with van der Waals surface area (Å²) in [6.45, 7) is 4.40. The average molecular weight is 588 g/mol. The molecule has 0 unspecified atom stereocenters. The van der Waals surface area contributed by atoms with Crippen molar-refractivity contribution >= 4 is 41.2 Å². The van der Waals surface area contributed by atoms with Gasteiger partial charge in [0.25, 0.3) is 0 Å². The van der Waals surface area contributed by atoms with E-state index in [1.165, 1.54) is 5.56 Å². The number of benzene rings is 5. The van der Waals surface area contributed by atoms with Crippen molar-refractivity contribution in [2.45, 2.75) is 24.7 Å². The van der Waals surface area contributed by atoms with Crippen LogP contribution in [0.4, 0.5) is 5.69 Å². The number of hydrogen-bond donors (Lipinski definition) is 0. The number of likely N-dealkylation sites (N-methyl/N-ethyl adjacent to an activating group) is 1. The summed E-state index contributed by atoms with van der Waals surface area (Å²) in [5.74, 6) is 0. The van der Waals surface area contributed by atoms with Gasteiger partial charge in [0.15, 0.2) is 14.3 Å². The van der Waals surface area contributed by atoms with Crippen molar-refractivity contribution in [3.8, 4) is 0 Å². The minimum absolute atomic E-state index is 0.389. The molecule has 5 heteroatoms. The van der Waals surface area contributed by atoms with Gasteiger partial charge in [-0.2, -0.15) is 0 Å². The third kappa shape index (κ3) is 4.53. The first-order chi connectivity index (χ1) is 20.3. The Kier molecular flexibility index (Phi) is 7.44. The van der Waals surface area contributed by atoms with Crippen LogP contribution in [0.1, 0.15) is 19.4 Å². The Labute approximate surface area is 249 Å².